The van der Waals surface area contributed by atoms with Crippen LogP contribution in [-0.2, 0) is 86.7 Å². The summed E-state index contributed by atoms with van der Waals surface area (Å²) in [5.41, 5.74) is 7.24. The first-order chi connectivity index (χ1) is 60.7. The summed E-state index contributed by atoms with van der Waals surface area (Å²) in [6.45, 7) is 11.7. The molecule has 2 saturated heterocycles. The highest BCUT2D eigenvalue weighted by Gasteiger charge is 2.47. The van der Waals surface area contributed by atoms with Gasteiger partial charge >= 0.3 is 11.9 Å². The highest BCUT2D eigenvalue weighted by molar-refractivity contribution is 5.98. The summed E-state index contributed by atoms with van der Waals surface area (Å²) in [4.78, 5) is 146. The second-order valence-electron chi connectivity index (χ2n) is 32.7. The van der Waals surface area contributed by atoms with E-state index < -0.39 is 144 Å². The zero-order chi connectivity index (χ0) is 89.2. The Balaban J connectivity index is 0.758. The smallest absolute Gasteiger partial charge is 0.326 e. The molecule has 10 heterocycles. The largest absolute Gasteiger partial charge is 0.494 e. The number of amides is 8. The van der Waals surface area contributed by atoms with Crippen molar-refractivity contribution in [1.29, 1.82) is 0 Å². The van der Waals surface area contributed by atoms with Crippen molar-refractivity contribution in [2.45, 2.75) is 179 Å². The van der Waals surface area contributed by atoms with Gasteiger partial charge in [0.2, 0.25) is 47.3 Å². The van der Waals surface area contributed by atoms with Crippen LogP contribution in [0.5, 0.6) is 11.5 Å². The van der Waals surface area contributed by atoms with Crippen LogP contribution in [0.2, 0.25) is 0 Å². The minimum absolute atomic E-state index is 0.00638. The number of hydrogen-bond donors (Lipinski definition) is 10. The number of aliphatic carboxylic acids is 2. The lowest BCUT2D eigenvalue weighted by Crippen LogP contribution is -2.59. The molecule has 6 aromatic carbocycles. The second-order valence-corrected chi connectivity index (χ2v) is 32.7. The molecule has 126 heavy (non-hydrogen) atoms. The van der Waals surface area contributed by atoms with Crippen molar-refractivity contribution >= 4 is 59.2 Å². The molecule has 12 atom stereocenters. The molecule has 36 nitrogen and oxygen atoms in total. The third kappa shape index (κ3) is 22.7. The maximum absolute atomic E-state index is 15.2. The number of carboxylic acid groups (broad SMARTS) is 2. The van der Waals surface area contributed by atoms with Gasteiger partial charge in [0.25, 0.3) is 0 Å². The minimum atomic E-state index is -1.46. The maximum Gasteiger partial charge on any atom is 0.326 e. The Morgan fingerprint density at radius 2 is 0.802 bits per heavy atom. The number of ether oxygens (including phenoxy) is 2. The molecule has 6 aliphatic heterocycles. The predicted octanol–water partition coefficient (Wildman–Crippen LogP) is 4.83. The summed E-state index contributed by atoms with van der Waals surface area (Å²) in [5.74, 6) is -7.44. The average Bonchev–Trinajstić information content (AvgIpc) is 1.64. The third-order valence-electron chi connectivity index (χ3n) is 23.0. The molecule has 0 saturated carbocycles. The molecule has 2 fully saturated rings. The van der Waals surface area contributed by atoms with Crippen LogP contribution in [0, 0.1) is 11.8 Å². The van der Waals surface area contributed by atoms with Gasteiger partial charge in [-0.1, -0.05) is 170 Å². The highest BCUT2D eigenvalue weighted by atomic mass is 16.5. The predicted molar refractivity (Wildman–Crippen MR) is 462 cm³/mol. The van der Waals surface area contributed by atoms with E-state index >= 15 is 19.2 Å². The number of nitrogens with one attached hydrogen (secondary N) is 8. The van der Waals surface area contributed by atoms with E-state index in [0.29, 0.717) is 105 Å². The molecule has 20 bridgehead atoms. The molecule has 4 aromatic heterocycles. The number of likely N-dealkylation sites (tertiary alicyclic amines) is 2. The number of rotatable bonds is 16. The monoisotopic (exact) mass is 1720 g/mol. The van der Waals surface area contributed by atoms with Crippen LogP contribution in [0.15, 0.2) is 183 Å². The van der Waals surface area contributed by atoms with Crippen LogP contribution in [0.1, 0.15) is 102 Å². The van der Waals surface area contributed by atoms with Crippen molar-refractivity contribution < 1.29 is 67.6 Å². The Bertz CT molecular complexity index is 5130. The van der Waals surface area contributed by atoms with Crippen molar-refractivity contribution in [3.05, 3.63) is 205 Å². The Kier molecular flexibility index (Phi) is 29.6. The van der Waals surface area contributed by atoms with Crippen molar-refractivity contribution in [3.63, 3.8) is 0 Å². The van der Waals surface area contributed by atoms with E-state index in [1.807, 2.05) is 48.5 Å². The Morgan fingerprint density at radius 1 is 0.444 bits per heavy atom. The van der Waals surface area contributed by atoms with Gasteiger partial charge in [0.1, 0.15) is 82.6 Å². The van der Waals surface area contributed by atoms with Crippen molar-refractivity contribution in [2.75, 3.05) is 40.4 Å². The van der Waals surface area contributed by atoms with E-state index in [1.54, 1.807) is 208 Å². The molecule has 0 unspecified atom stereocenters. The van der Waals surface area contributed by atoms with E-state index in [9.17, 15) is 39.0 Å². The van der Waals surface area contributed by atoms with E-state index in [0.717, 1.165) is 0 Å². The van der Waals surface area contributed by atoms with E-state index in [-0.39, 0.29) is 64.8 Å². The molecule has 8 amide bonds. The van der Waals surface area contributed by atoms with Crippen molar-refractivity contribution in [2.24, 2.45) is 11.8 Å². The molecule has 0 spiro atoms. The van der Waals surface area contributed by atoms with Gasteiger partial charge in [-0.3, -0.25) is 47.7 Å². The average molecular weight is 1720 g/mol. The number of carbonyl (C=O) groups is 10. The molecule has 10 N–H and O–H groups in total. The number of aryl methyl sites for hydroxylation is 2. The van der Waals surface area contributed by atoms with Crippen LogP contribution >= 0.6 is 0 Å². The van der Waals surface area contributed by atoms with Crippen molar-refractivity contribution in [1.82, 2.24) is 112 Å². The minimum Gasteiger partial charge on any atom is -0.494 e. The summed E-state index contributed by atoms with van der Waals surface area (Å²) in [7, 11) is 3.24. The van der Waals surface area contributed by atoms with Crippen molar-refractivity contribution in [3.8, 4) is 56.5 Å². The number of hydrogen-bond acceptors (Lipinski definition) is 22. The van der Waals surface area contributed by atoms with Gasteiger partial charge in [-0.2, -0.15) is 0 Å². The first kappa shape index (κ1) is 89.8. The maximum atomic E-state index is 15.2. The summed E-state index contributed by atoms with van der Waals surface area (Å²) >= 11 is 0. The van der Waals surface area contributed by atoms with Gasteiger partial charge in [0.05, 0.1) is 62.2 Å². The molecule has 36 heteroatoms. The first-order valence-corrected chi connectivity index (χ1v) is 42.3. The number of likely N-dealkylation sites (N-methyl/N-ethyl adjacent to an activating group) is 2. The lowest BCUT2D eigenvalue weighted by atomic mass is 10.0. The third-order valence-corrected chi connectivity index (χ3v) is 23.0. The second kappa shape index (κ2) is 41.5. The van der Waals surface area contributed by atoms with Gasteiger partial charge in [0.15, 0.2) is 0 Å². The van der Waals surface area contributed by atoms with Crippen LogP contribution < -0.4 is 52.0 Å². The van der Waals surface area contributed by atoms with Crippen LogP contribution in [0.4, 0.5) is 0 Å². The van der Waals surface area contributed by atoms with E-state index in [2.05, 4.69) is 83.8 Å². The molecule has 0 radical (unpaired) electrons. The SMILES string of the molecule is CN[C@@H](C)C(=O)N[C@H](C(=O)N1C[C@@H]2C[C@H]1C(=O)N[C@@H](Cc1ccccc1)C(=O)N[C@H](C(=O)O)Cc1ccc(cc1)OCCCn1cc(nn1)-c1cccc(c1)-c1cn(nn1)[C@H]1C[C@@H](C(=O)N[C@@H](Cc3ccccc3)C(=O)N[C@H](C(=O)O)Cc3ccc(cc3)OCCCn3cc(nn3)-c3cccc(c3)-c3cn2nn3)N(C(=O)[C@@H](NC(=O)[C@H](C)NC)C(C)C)C1)C(C)C. The van der Waals surface area contributed by atoms with Crippen LogP contribution in [-0.4, -0.2) is 240 Å². The molecule has 6 aliphatic rings. The molecule has 0 aliphatic carbocycles. The fraction of sp³-hybridized carbons (Fsp3) is 0.400. The lowest BCUT2D eigenvalue weighted by molar-refractivity contribution is -0.144. The molecular formula is C90H106N22O14. The quantitative estimate of drug-likeness (QED) is 0.0619. The molecular weight excluding hydrogens is 1610 g/mol. The normalized spacial score (nSPS) is 20.5. The molecule has 16 rings (SSSR count). The Labute approximate surface area is 727 Å². The summed E-state index contributed by atoms with van der Waals surface area (Å²) in [6.07, 6.45) is 7.67. The Morgan fingerprint density at radius 3 is 1.15 bits per heavy atom. The van der Waals surface area contributed by atoms with Crippen LogP contribution in [0.25, 0.3) is 45.0 Å². The number of benzene rings is 6. The van der Waals surface area contributed by atoms with Gasteiger partial charge in [-0.15, -0.1) is 20.4 Å². The zero-order valence-corrected chi connectivity index (χ0v) is 71.4. The number of carboxylic acids is 2. The molecule has 10 aromatic rings. The van der Waals surface area contributed by atoms with Gasteiger partial charge in [-0.05, 0) is 98.4 Å². The lowest BCUT2D eigenvalue weighted by Gasteiger charge is -2.31. The first-order valence-electron chi connectivity index (χ1n) is 42.3. The van der Waals surface area contributed by atoms with E-state index in [4.69, 9.17) is 9.47 Å². The van der Waals surface area contributed by atoms with E-state index in [1.165, 1.54) is 9.80 Å². The van der Waals surface area contributed by atoms with Gasteiger partial charge in [-0.25, -0.2) is 19.0 Å². The summed E-state index contributed by atoms with van der Waals surface area (Å²) in [5, 5.41) is 80.0. The van der Waals surface area contributed by atoms with Gasteiger partial charge in [0, 0.05) is 99.8 Å². The Hall–Kier alpha value is -13.9. The topological polar surface area (TPSA) is 455 Å². The molecule has 660 valence electrons. The van der Waals surface area contributed by atoms with Crippen LogP contribution in [0.3, 0.4) is 0 Å². The fourth-order valence-corrected chi connectivity index (χ4v) is 15.5. The summed E-state index contributed by atoms with van der Waals surface area (Å²) in [6, 6.07) is 33.6. The number of nitrogens with zero attached hydrogens (tertiary/aromatic N) is 14. The summed E-state index contributed by atoms with van der Waals surface area (Å²) < 4.78 is 18.8. The standard InChI is InChI=1S/C90H106N22O14/c1-53(2)79(97-81(113)55(5)91-7)87(119)109-47-65-45-77(109)85(117)93-69(39-57-19-11-9-12-20-57)83(115)95-71(89(121)122)41-59-27-31-67(32-28-59)125-38-18-36-108-50-74(100-104-108)62-24-16-26-64(44-62)76-52-112(106-102-76)66-46-78(110(48-66)88(120)80(54(3)4)98-82(114)56(6)92-8)86(118)94-70(40-58-21-13-10-14-22-58)84(116)96-72(90(123)124)42-60-29-33-68(34-30-60)126-37-17-35-107-49-73(99-103-107)61-23-15-25-63(43-61)75-51-111(65)105-101-75/h9-16,19-34,43-44,49-56,65-66,69-72,77-80,91-92H,17-18,35-42,45-48H2,1-8H3,(H,93,117)(H,94,118)(H,95,115)(H,96,116)(H,97,113)(H,98,114)(H,121,122)(H,123,124)/t55-,56-,65-,66-,69-,70-,71-,72-,77-,78-,79-,80-/m0/s1. The van der Waals surface area contributed by atoms with Gasteiger partial charge < -0.3 is 72.0 Å². The fourth-order valence-electron chi connectivity index (χ4n) is 15.5. The highest BCUT2D eigenvalue weighted by Crippen LogP contribution is 2.35. The number of aromatic nitrogens is 12. The number of carbonyl (C=O) groups excluding carboxylic acids is 8. The zero-order valence-electron chi connectivity index (χ0n) is 71.4.